The van der Waals surface area contributed by atoms with E-state index in [0.717, 1.165) is 0 Å². The number of nitrogens with zero attached hydrogens (tertiary/aromatic N) is 2. The van der Waals surface area contributed by atoms with E-state index in [1.54, 1.807) is 12.1 Å². The van der Waals surface area contributed by atoms with Crippen LogP contribution >= 0.6 is 11.6 Å². The van der Waals surface area contributed by atoms with Crippen molar-refractivity contribution in [2.24, 2.45) is 5.10 Å². The van der Waals surface area contributed by atoms with Crippen molar-refractivity contribution < 1.29 is 28.1 Å². The zero-order chi connectivity index (χ0) is 25.7. The molecule has 3 aromatic carbocycles. The summed E-state index contributed by atoms with van der Waals surface area (Å²) in [5.74, 6) is -1.64. The van der Waals surface area contributed by atoms with Gasteiger partial charge in [0.05, 0.1) is 21.8 Å². The SMILES string of the molecule is O=C(COc1ccc(/C=N\NC(=O)c2cc3cc([N+](=O)[O-])ccc3o2)cc1Cl)Nc1ccccc1F. The van der Waals surface area contributed by atoms with Crippen molar-refractivity contribution in [1.82, 2.24) is 5.43 Å². The number of hydrogen-bond acceptors (Lipinski definition) is 7. The number of carbonyl (C=O) groups excluding carboxylic acids is 2. The maximum atomic E-state index is 13.6. The molecule has 0 saturated carbocycles. The lowest BCUT2D eigenvalue weighted by atomic mass is 10.2. The van der Waals surface area contributed by atoms with Crippen LogP contribution < -0.4 is 15.5 Å². The van der Waals surface area contributed by atoms with E-state index in [4.69, 9.17) is 20.8 Å². The highest BCUT2D eigenvalue weighted by Gasteiger charge is 2.15. The molecular formula is C24H16ClFN4O6. The first-order valence-electron chi connectivity index (χ1n) is 10.3. The number of ether oxygens (including phenoxy) is 1. The van der Waals surface area contributed by atoms with E-state index >= 15 is 0 Å². The lowest BCUT2D eigenvalue weighted by molar-refractivity contribution is -0.384. The van der Waals surface area contributed by atoms with Gasteiger partial charge in [-0.15, -0.1) is 0 Å². The number of hydrogen-bond donors (Lipinski definition) is 2. The molecule has 12 heteroatoms. The molecule has 2 amide bonds. The zero-order valence-electron chi connectivity index (χ0n) is 18.2. The molecule has 36 heavy (non-hydrogen) atoms. The summed E-state index contributed by atoms with van der Waals surface area (Å²) in [6, 6.07) is 15.7. The molecule has 182 valence electrons. The molecule has 0 radical (unpaired) electrons. The van der Waals surface area contributed by atoms with Gasteiger partial charge in [-0.25, -0.2) is 9.82 Å². The van der Waals surface area contributed by atoms with Crippen molar-refractivity contribution >= 4 is 52.0 Å². The van der Waals surface area contributed by atoms with Crippen molar-refractivity contribution in [2.75, 3.05) is 11.9 Å². The number of fused-ring (bicyclic) bond motifs is 1. The molecule has 2 N–H and O–H groups in total. The molecule has 0 spiro atoms. The van der Waals surface area contributed by atoms with Gasteiger partial charge in [0.25, 0.3) is 11.6 Å². The summed E-state index contributed by atoms with van der Waals surface area (Å²) in [5.41, 5.74) is 3.04. The van der Waals surface area contributed by atoms with Crippen molar-refractivity contribution in [3.8, 4) is 5.75 Å². The van der Waals surface area contributed by atoms with E-state index in [9.17, 15) is 24.1 Å². The summed E-state index contributed by atoms with van der Waals surface area (Å²) >= 11 is 6.19. The largest absolute Gasteiger partial charge is 0.482 e. The number of halogens is 2. The van der Waals surface area contributed by atoms with Crippen LogP contribution in [-0.4, -0.2) is 29.6 Å². The van der Waals surface area contributed by atoms with Gasteiger partial charge < -0.3 is 14.5 Å². The average molecular weight is 511 g/mol. The van der Waals surface area contributed by atoms with Gasteiger partial charge in [-0.05, 0) is 48.0 Å². The summed E-state index contributed by atoms with van der Waals surface area (Å²) in [4.78, 5) is 34.6. The molecule has 0 saturated heterocycles. The molecule has 0 unspecified atom stereocenters. The van der Waals surface area contributed by atoms with Crippen LogP contribution in [0.3, 0.4) is 0 Å². The molecule has 0 aliphatic rings. The second-order valence-electron chi connectivity index (χ2n) is 7.30. The Kier molecular flexibility index (Phi) is 7.21. The van der Waals surface area contributed by atoms with Gasteiger partial charge in [0.1, 0.15) is 17.1 Å². The van der Waals surface area contributed by atoms with Gasteiger partial charge in [-0.1, -0.05) is 23.7 Å². The van der Waals surface area contributed by atoms with E-state index < -0.39 is 29.2 Å². The van der Waals surface area contributed by atoms with Gasteiger partial charge >= 0.3 is 5.91 Å². The normalized spacial score (nSPS) is 10.9. The number of furan rings is 1. The first-order chi connectivity index (χ1) is 17.3. The molecule has 0 atom stereocenters. The Bertz CT molecular complexity index is 1500. The van der Waals surface area contributed by atoms with Crippen LogP contribution in [0.15, 0.2) is 76.2 Å². The molecule has 1 heterocycles. The number of non-ortho nitro benzene ring substituents is 1. The number of rotatable bonds is 8. The van der Waals surface area contributed by atoms with Crippen molar-refractivity contribution in [1.29, 1.82) is 0 Å². The van der Waals surface area contributed by atoms with Gasteiger partial charge in [-0.2, -0.15) is 5.10 Å². The lowest BCUT2D eigenvalue weighted by Gasteiger charge is -2.09. The second-order valence-corrected chi connectivity index (χ2v) is 7.70. The molecule has 4 rings (SSSR count). The summed E-state index contributed by atoms with van der Waals surface area (Å²) in [6.07, 6.45) is 1.33. The number of nitro benzene ring substituents is 1. The molecular weight excluding hydrogens is 495 g/mol. The fraction of sp³-hybridized carbons (Fsp3) is 0.0417. The number of anilines is 1. The fourth-order valence-electron chi connectivity index (χ4n) is 3.08. The van der Waals surface area contributed by atoms with Crippen LogP contribution in [0.5, 0.6) is 5.75 Å². The third-order valence-electron chi connectivity index (χ3n) is 4.78. The highest BCUT2D eigenvalue weighted by Crippen LogP contribution is 2.26. The minimum absolute atomic E-state index is 0.0368. The highest BCUT2D eigenvalue weighted by atomic mass is 35.5. The monoisotopic (exact) mass is 510 g/mol. The minimum Gasteiger partial charge on any atom is -0.482 e. The summed E-state index contributed by atoms with van der Waals surface area (Å²) in [6.45, 7) is -0.391. The highest BCUT2D eigenvalue weighted by molar-refractivity contribution is 6.32. The predicted octanol–water partition coefficient (Wildman–Crippen LogP) is 4.91. The van der Waals surface area contributed by atoms with Crippen LogP contribution in [0.2, 0.25) is 5.02 Å². The van der Waals surface area contributed by atoms with Crippen molar-refractivity contribution in [2.45, 2.75) is 0 Å². The maximum Gasteiger partial charge on any atom is 0.307 e. The van der Waals surface area contributed by atoms with E-state index in [-0.39, 0.29) is 27.9 Å². The number of benzene rings is 3. The Balaban J connectivity index is 1.32. The van der Waals surface area contributed by atoms with Gasteiger partial charge in [-0.3, -0.25) is 19.7 Å². The molecule has 0 fully saturated rings. The molecule has 0 aliphatic heterocycles. The quantitative estimate of drug-likeness (QED) is 0.196. The third-order valence-corrected chi connectivity index (χ3v) is 5.07. The topological polar surface area (TPSA) is 136 Å². The molecule has 0 aliphatic carbocycles. The first kappa shape index (κ1) is 24.4. The predicted molar refractivity (Wildman–Crippen MR) is 130 cm³/mol. The average Bonchev–Trinajstić information content (AvgIpc) is 3.28. The molecule has 0 bridgehead atoms. The molecule has 1 aromatic heterocycles. The van der Waals surface area contributed by atoms with Crippen LogP contribution in [0.1, 0.15) is 16.1 Å². The number of hydrazone groups is 1. The Morgan fingerprint density at radius 1 is 1.14 bits per heavy atom. The Hall–Kier alpha value is -4.77. The standard InChI is InChI=1S/C24H16ClFN4O6/c25-17-9-14(5-7-21(17)35-13-23(31)28-19-4-2-1-3-18(19)26)12-27-29-24(32)22-11-15-10-16(30(33)34)6-8-20(15)36-22/h1-12H,13H2,(H,28,31)(H,29,32)/b27-12-. The van der Waals surface area contributed by atoms with Crippen molar-refractivity contribution in [3.63, 3.8) is 0 Å². The summed E-state index contributed by atoms with van der Waals surface area (Å²) < 4.78 is 24.4. The van der Waals surface area contributed by atoms with Gasteiger partial charge in [0, 0.05) is 17.5 Å². The van der Waals surface area contributed by atoms with Gasteiger partial charge in [0.15, 0.2) is 12.4 Å². The van der Waals surface area contributed by atoms with E-state index in [1.807, 2.05) is 0 Å². The Morgan fingerprint density at radius 3 is 2.69 bits per heavy atom. The molecule has 4 aromatic rings. The second kappa shape index (κ2) is 10.7. The van der Waals surface area contributed by atoms with Crippen molar-refractivity contribution in [3.05, 3.63) is 99.0 Å². The summed E-state index contributed by atoms with van der Waals surface area (Å²) in [7, 11) is 0. The van der Waals surface area contributed by atoms with Crippen LogP contribution in [-0.2, 0) is 4.79 Å². The first-order valence-corrected chi connectivity index (χ1v) is 10.7. The number of amides is 2. The van der Waals surface area contributed by atoms with E-state index in [2.05, 4.69) is 15.8 Å². The Labute approximate surface area is 207 Å². The third kappa shape index (κ3) is 5.83. The summed E-state index contributed by atoms with van der Waals surface area (Å²) in [5, 5.41) is 17.7. The fourth-order valence-corrected chi connectivity index (χ4v) is 3.33. The Morgan fingerprint density at radius 2 is 1.94 bits per heavy atom. The number of para-hydroxylation sites is 1. The number of nitro groups is 1. The molecule has 10 nitrogen and oxygen atoms in total. The van der Waals surface area contributed by atoms with E-state index in [1.165, 1.54) is 60.8 Å². The number of nitrogens with one attached hydrogen (secondary N) is 2. The zero-order valence-corrected chi connectivity index (χ0v) is 19.0. The smallest absolute Gasteiger partial charge is 0.307 e. The van der Waals surface area contributed by atoms with Crippen LogP contribution in [0, 0.1) is 15.9 Å². The lowest BCUT2D eigenvalue weighted by Crippen LogP contribution is -2.20. The minimum atomic E-state index is -0.656. The van der Waals surface area contributed by atoms with Crippen LogP contribution in [0.25, 0.3) is 11.0 Å². The van der Waals surface area contributed by atoms with Crippen LogP contribution in [0.4, 0.5) is 15.8 Å². The van der Waals surface area contributed by atoms with E-state index in [0.29, 0.717) is 16.5 Å². The maximum absolute atomic E-state index is 13.6. The van der Waals surface area contributed by atoms with Gasteiger partial charge in [0.2, 0.25) is 0 Å². The number of carbonyl (C=O) groups is 2.